The number of primary amides is 1. The van der Waals surface area contributed by atoms with Crippen LogP contribution in [0, 0.1) is 5.92 Å². The first-order valence-corrected chi connectivity index (χ1v) is 11.5. The number of aliphatic imine (C=N–C) groups is 1. The Labute approximate surface area is 205 Å². The molecule has 2 aromatic carbocycles. The average molecular weight is 479 g/mol. The van der Waals surface area contributed by atoms with E-state index in [1.807, 2.05) is 60.7 Å². The molecule has 0 unspecified atom stereocenters. The molecule has 0 saturated carbocycles. The fraction of sp³-hybridized carbons (Fsp3) is 0.308. The fourth-order valence-electron chi connectivity index (χ4n) is 3.51. The van der Waals surface area contributed by atoms with Crippen molar-refractivity contribution in [3.05, 3.63) is 77.9 Å². The molecule has 8 N–H and O–H groups in total. The highest BCUT2D eigenvalue weighted by Crippen LogP contribution is 2.23. The number of hydrogen-bond donors (Lipinski definition) is 5. The molecule has 0 bridgehead atoms. The SMILES string of the molecule is CC(C)[C@H](NC(=O)[C@@H](CCCN=C(N)N)NC(=O)C=C(c1ccccc1)c1ccccc1)C(N)=O. The molecule has 2 aromatic rings. The van der Waals surface area contributed by atoms with Crippen LogP contribution in [-0.2, 0) is 14.4 Å². The van der Waals surface area contributed by atoms with Gasteiger partial charge >= 0.3 is 0 Å². The predicted molar refractivity (Wildman–Crippen MR) is 138 cm³/mol. The van der Waals surface area contributed by atoms with Crippen LogP contribution < -0.4 is 27.8 Å². The van der Waals surface area contributed by atoms with E-state index in [9.17, 15) is 14.4 Å². The van der Waals surface area contributed by atoms with Crippen molar-refractivity contribution in [1.29, 1.82) is 0 Å². The zero-order valence-corrected chi connectivity index (χ0v) is 20.1. The van der Waals surface area contributed by atoms with Crippen molar-refractivity contribution >= 4 is 29.3 Å². The fourth-order valence-corrected chi connectivity index (χ4v) is 3.51. The lowest BCUT2D eigenvalue weighted by Gasteiger charge is -2.23. The molecule has 0 aliphatic heterocycles. The second kappa shape index (κ2) is 13.5. The summed E-state index contributed by atoms with van der Waals surface area (Å²) in [7, 11) is 0. The number of carbonyl (C=O) groups excluding carboxylic acids is 3. The number of amides is 3. The Bertz CT molecular complexity index is 1010. The second-order valence-corrected chi connectivity index (χ2v) is 8.43. The van der Waals surface area contributed by atoms with Gasteiger partial charge in [-0.1, -0.05) is 74.5 Å². The summed E-state index contributed by atoms with van der Waals surface area (Å²) in [5.41, 5.74) is 18.6. The smallest absolute Gasteiger partial charge is 0.245 e. The number of nitrogens with zero attached hydrogens (tertiary/aromatic N) is 1. The Morgan fingerprint density at radius 2 is 1.43 bits per heavy atom. The van der Waals surface area contributed by atoms with Crippen molar-refractivity contribution in [3.8, 4) is 0 Å². The van der Waals surface area contributed by atoms with Crippen molar-refractivity contribution in [2.24, 2.45) is 28.1 Å². The number of carbonyl (C=O) groups is 3. The molecule has 0 aliphatic carbocycles. The maximum absolute atomic E-state index is 13.1. The monoisotopic (exact) mass is 478 g/mol. The molecular formula is C26H34N6O3. The minimum atomic E-state index is -0.915. The number of hydrogen-bond acceptors (Lipinski definition) is 4. The van der Waals surface area contributed by atoms with Gasteiger partial charge in [0, 0.05) is 12.6 Å². The van der Waals surface area contributed by atoms with Gasteiger partial charge in [0.1, 0.15) is 12.1 Å². The van der Waals surface area contributed by atoms with Crippen LogP contribution in [0.1, 0.15) is 37.8 Å². The number of guanidine groups is 1. The molecule has 0 radical (unpaired) electrons. The molecular weight excluding hydrogens is 444 g/mol. The van der Waals surface area contributed by atoms with Gasteiger partial charge in [-0.3, -0.25) is 19.4 Å². The molecule has 9 heteroatoms. The predicted octanol–water partition coefficient (Wildman–Crippen LogP) is 1.28. The molecule has 3 amide bonds. The summed E-state index contributed by atoms with van der Waals surface area (Å²) in [5, 5.41) is 5.42. The summed E-state index contributed by atoms with van der Waals surface area (Å²) < 4.78 is 0. The second-order valence-electron chi connectivity index (χ2n) is 8.43. The molecule has 0 spiro atoms. The van der Waals surface area contributed by atoms with Gasteiger partial charge in [-0.25, -0.2) is 0 Å². The van der Waals surface area contributed by atoms with Crippen molar-refractivity contribution < 1.29 is 14.4 Å². The summed E-state index contributed by atoms with van der Waals surface area (Å²) >= 11 is 0. The quantitative estimate of drug-likeness (QED) is 0.134. The Morgan fingerprint density at radius 3 is 1.89 bits per heavy atom. The largest absolute Gasteiger partial charge is 0.370 e. The van der Waals surface area contributed by atoms with Crippen LogP contribution >= 0.6 is 0 Å². The lowest BCUT2D eigenvalue weighted by Crippen LogP contribution is -2.54. The molecule has 0 saturated heterocycles. The van der Waals surface area contributed by atoms with E-state index < -0.39 is 29.8 Å². The molecule has 35 heavy (non-hydrogen) atoms. The van der Waals surface area contributed by atoms with Crippen molar-refractivity contribution in [3.63, 3.8) is 0 Å². The first kappa shape index (κ1) is 27.1. The lowest BCUT2D eigenvalue weighted by molar-refractivity contribution is -0.131. The van der Waals surface area contributed by atoms with E-state index in [0.717, 1.165) is 11.1 Å². The molecule has 0 aromatic heterocycles. The first-order chi connectivity index (χ1) is 16.7. The maximum atomic E-state index is 13.1. The van der Waals surface area contributed by atoms with Gasteiger partial charge in [-0.05, 0) is 35.5 Å². The van der Waals surface area contributed by atoms with Gasteiger partial charge in [0.15, 0.2) is 5.96 Å². The zero-order chi connectivity index (χ0) is 25.8. The highest BCUT2D eigenvalue weighted by atomic mass is 16.2. The van der Waals surface area contributed by atoms with Gasteiger partial charge < -0.3 is 27.8 Å². The molecule has 186 valence electrons. The van der Waals surface area contributed by atoms with Crippen LogP contribution in [-0.4, -0.2) is 42.3 Å². The van der Waals surface area contributed by atoms with Crippen molar-refractivity contribution in [2.75, 3.05) is 6.54 Å². The van der Waals surface area contributed by atoms with Gasteiger partial charge in [0.05, 0.1) is 0 Å². The van der Waals surface area contributed by atoms with Crippen LogP contribution in [0.5, 0.6) is 0 Å². The van der Waals surface area contributed by atoms with Gasteiger partial charge in [0.25, 0.3) is 0 Å². The van der Waals surface area contributed by atoms with Crippen LogP contribution in [0.2, 0.25) is 0 Å². The standard InChI is InChI=1S/C26H34N6O3/c1-17(2)23(24(27)34)32-25(35)21(14-9-15-30-26(28)29)31-22(33)16-20(18-10-5-3-6-11-18)19-12-7-4-8-13-19/h3-8,10-13,16-17,21,23H,9,14-15H2,1-2H3,(H2,27,34)(H,31,33)(H,32,35)(H4,28,29,30)/t21-,23+/m1/s1. The Balaban J connectivity index is 2.28. The third-order valence-electron chi connectivity index (χ3n) is 5.29. The lowest BCUT2D eigenvalue weighted by atomic mass is 9.97. The Hall–Kier alpha value is -4.14. The minimum Gasteiger partial charge on any atom is -0.370 e. The summed E-state index contributed by atoms with van der Waals surface area (Å²) in [4.78, 5) is 41.8. The van der Waals surface area contributed by atoms with E-state index in [1.165, 1.54) is 6.08 Å². The van der Waals surface area contributed by atoms with E-state index in [1.54, 1.807) is 13.8 Å². The van der Waals surface area contributed by atoms with Crippen LogP contribution in [0.25, 0.3) is 5.57 Å². The number of benzene rings is 2. The van der Waals surface area contributed by atoms with Crippen molar-refractivity contribution in [1.82, 2.24) is 10.6 Å². The first-order valence-electron chi connectivity index (χ1n) is 11.5. The van der Waals surface area contributed by atoms with Crippen LogP contribution in [0.15, 0.2) is 71.7 Å². The Kier molecular flexibility index (Phi) is 10.5. The molecule has 2 rings (SSSR count). The van der Waals surface area contributed by atoms with E-state index in [4.69, 9.17) is 17.2 Å². The summed E-state index contributed by atoms with van der Waals surface area (Å²) in [6.07, 6.45) is 2.17. The van der Waals surface area contributed by atoms with E-state index >= 15 is 0 Å². The van der Waals surface area contributed by atoms with Crippen molar-refractivity contribution in [2.45, 2.75) is 38.8 Å². The maximum Gasteiger partial charge on any atom is 0.245 e. The topological polar surface area (TPSA) is 166 Å². The molecule has 9 nitrogen and oxygen atoms in total. The zero-order valence-electron chi connectivity index (χ0n) is 20.1. The molecule has 2 atom stereocenters. The normalized spacial score (nSPS) is 12.2. The van der Waals surface area contributed by atoms with Gasteiger partial charge in [-0.15, -0.1) is 0 Å². The van der Waals surface area contributed by atoms with E-state index in [2.05, 4.69) is 15.6 Å². The van der Waals surface area contributed by atoms with Crippen LogP contribution in [0.3, 0.4) is 0 Å². The van der Waals surface area contributed by atoms with Crippen LogP contribution in [0.4, 0.5) is 0 Å². The third kappa shape index (κ3) is 8.96. The number of rotatable bonds is 12. The highest BCUT2D eigenvalue weighted by molar-refractivity contribution is 6.01. The number of nitrogens with one attached hydrogen (secondary N) is 2. The summed E-state index contributed by atoms with van der Waals surface area (Å²) in [5.74, 6) is -1.86. The third-order valence-corrected chi connectivity index (χ3v) is 5.29. The van der Waals surface area contributed by atoms with Gasteiger partial charge in [0.2, 0.25) is 17.7 Å². The van der Waals surface area contributed by atoms with E-state index in [-0.39, 0.29) is 18.3 Å². The minimum absolute atomic E-state index is 0.0538. The molecule has 0 aliphatic rings. The number of nitrogens with two attached hydrogens (primary N) is 3. The summed E-state index contributed by atoms with van der Waals surface area (Å²) in [6, 6.07) is 17.2. The van der Waals surface area contributed by atoms with E-state index in [0.29, 0.717) is 18.5 Å². The molecule has 0 heterocycles. The summed E-state index contributed by atoms with van der Waals surface area (Å²) in [6.45, 7) is 3.84. The molecule has 0 fully saturated rings. The highest BCUT2D eigenvalue weighted by Gasteiger charge is 2.27. The Morgan fingerprint density at radius 1 is 0.886 bits per heavy atom. The van der Waals surface area contributed by atoms with Gasteiger partial charge in [-0.2, -0.15) is 0 Å². The average Bonchev–Trinajstić information content (AvgIpc) is 2.83.